The topological polar surface area (TPSA) is 67.1 Å². The molecule has 0 radical (unpaired) electrons. The van der Waals surface area contributed by atoms with Gasteiger partial charge in [-0.05, 0) is 11.6 Å². The third-order valence-electron chi connectivity index (χ3n) is 2.89. The Morgan fingerprint density at radius 3 is 2.47 bits per heavy atom. The highest BCUT2D eigenvalue weighted by atomic mass is 16.2. The van der Waals surface area contributed by atoms with Crippen molar-refractivity contribution in [3.63, 3.8) is 0 Å². The summed E-state index contributed by atoms with van der Waals surface area (Å²) in [6.45, 7) is 3.32. The zero-order valence-electron chi connectivity index (χ0n) is 8.71. The molecule has 0 spiro atoms. The molecule has 4 N–H and O–H groups in total. The summed E-state index contributed by atoms with van der Waals surface area (Å²) in [7, 11) is 0. The smallest absolute Gasteiger partial charge is 0.314 e. The van der Waals surface area contributed by atoms with Gasteiger partial charge >= 0.3 is 6.03 Å². The van der Waals surface area contributed by atoms with E-state index in [9.17, 15) is 4.79 Å². The van der Waals surface area contributed by atoms with E-state index in [1.165, 1.54) is 0 Å². The molecule has 2 rings (SSSR count). The van der Waals surface area contributed by atoms with Gasteiger partial charge in [0.05, 0.1) is 0 Å². The lowest BCUT2D eigenvalue weighted by atomic mass is 9.80. The average Bonchev–Trinajstić information content (AvgIpc) is 2.23. The van der Waals surface area contributed by atoms with E-state index in [2.05, 4.69) is 17.6 Å². The van der Waals surface area contributed by atoms with E-state index in [4.69, 9.17) is 5.73 Å². The molecule has 4 nitrogen and oxygen atoms in total. The van der Waals surface area contributed by atoms with Gasteiger partial charge in [-0.3, -0.25) is 0 Å². The normalized spacial score (nSPS) is 19.1. The molecule has 4 heteroatoms. The van der Waals surface area contributed by atoms with Crippen molar-refractivity contribution in [1.82, 2.24) is 10.6 Å². The van der Waals surface area contributed by atoms with Crippen LogP contribution in [0.15, 0.2) is 24.3 Å². The molecule has 1 aliphatic rings. The van der Waals surface area contributed by atoms with E-state index in [1.807, 2.05) is 24.3 Å². The van der Waals surface area contributed by atoms with Crippen LogP contribution in [0.5, 0.6) is 0 Å². The van der Waals surface area contributed by atoms with Gasteiger partial charge < -0.3 is 16.4 Å². The first-order chi connectivity index (χ1) is 7.12. The minimum Gasteiger partial charge on any atom is -0.398 e. The number of carbonyl (C=O) groups is 1. The van der Waals surface area contributed by atoms with Crippen LogP contribution >= 0.6 is 0 Å². The summed E-state index contributed by atoms with van der Waals surface area (Å²) in [6.07, 6.45) is 0. The first kappa shape index (κ1) is 9.83. The Kier molecular flexibility index (Phi) is 2.26. The monoisotopic (exact) mass is 205 g/mol. The summed E-state index contributed by atoms with van der Waals surface area (Å²) in [6, 6.07) is 7.66. The fourth-order valence-corrected chi connectivity index (χ4v) is 1.91. The van der Waals surface area contributed by atoms with Crippen molar-refractivity contribution in [2.24, 2.45) is 0 Å². The van der Waals surface area contributed by atoms with E-state index >= 15 is 0 Å². The van der Waals surface area contributed by atoms with Crippen molar-refractivity contribution in [2.45, 2.75) is 12.3 Å². The SMILES string of the molecule is CC1(c2ccccc2N)CNC(=O)NC1. The zero-order chi connectivity index (χ0) is 10.9. The van der Waals surface area contributed by atoms with E-state index in [1.54, 1.807) is 0 Å². The molecule has 0 aromatic heterocycles. The number of carbonyl (C=O) groups excluding carboxylic acids is 1. The van der Waals surface area contributed by atoms with Gasteiger partial charge in [0.1, 0.15) is 0 Å². The summed E-state index contributed by atoms with van der Waals surface area (Å²) < 4.78 is 0. The molecule has 0 saturated carbocycles. The molecule has 1 fully saturated rings. The number of nitrogens with one attached hydrogen (secondary N) is 2. The first-order valence-electron chi connectivity index (χ1n) is 4.98. The Balaban J connectivity index is 2.30. The van der Waals surface area contributed by atoms with Gasteiger partial charge in [0, 0.05) is 24.2 Å². The van der Waals surface area contributed by atoms with Crippen molar-refractivity contribution < 1.29 is 4.79 Å². The maximum Gasteiger partial charge on any atom is 0.314 e. The molecule has 0 atom stereocenters. The second-order valence-electron chi connectivity index (χ2n) is 4.18. The number of anilines is 1. The molecule has 1 heterocycles. The van der Waals surface area contributed by atoms with Crippen LogP contribution in [0.2, 0.25) is 0 Å². The van der Waals surface area contributed by atoms with Crippen LogP contribution in [0.25, 0.3) is 0 Å². The lowest BCUT2D eigenvalue weighted by molar-refractivity contribution is 0.225. The lowest BCUT2D eigenvalue weighted by Gasteiger charge is -2.35. The number of nitrogens with two attached hydrogens (primary N) is 1. The van der Waals surface area contributed by atoms with Crippen LogP contribution in [0.4, 0.5) is 10.5 Å². The molecule has 1 aromatic carbocycles. The van der Waals surface area contributed by atoms with Gasteiger partial charge in [-0.15, -0.1) is 0 Å². The third-order valence-corrected chi connectivity index (χ3v) is 2.89. The number of amides is 2. The number of urea groups is 1. The second kappa shape index (κ2) is 3.46. The van der Waals surface area contributed by atoms with Crippen LogP contribution in [-0.4, -0.2) is 19.1 Å². The Hall–Kier alpha value is -1.71. The van der Waals surface area contributed by atoms with Crippen LogP contribution in [-0.2, 0) is 5.41 Å². The van der Waals surface area contributed by atoms with Gasteiger partial charge in [-0.25, -0.2) is 4.79 Å². The fraction of sp³-hybridized carbons (Fsp3) is 0.364. The summed E-state index contributed by atoms with van der Waals surface area (Å²) in [5, 5.41) is 5.59. The summed E-state index contributed by atoms with van der Waals surface area (Å²) in [5.41, 5.74) is 7.66. The number of hydrogen-bond donors (Lipinski definition) is 3. The van der Waals surface area contributed by atoms with Gasteiger partial charge in [0.15, 0.2) is 0 Å². The molecule has 0 unspecified atom stereocenters. The predicted molar refractivity (Wildman–Crippen MR) is 59.6 cm³/mol. The number of hydrogen-bond acceptors (Lipinski definition) is 2. The number of nitrogen functional groups attached to an aromatic ring is 1. The van der Waals surface area contributed by atoms with Crippen molar-refractivity contribution in [2.75, 3.05) is 18.8 Å². The average molecular weight is 205 g/mol. The standard InChI is InChI=1S/C11H15N3O/c1-11(6-13-10(15)14-7-11)8-4-2-3-5-9(8)12/h2-5H,6-7,12H2,1H3,(H2,13,14,15). The van der Waals surface area contributed by atoms with E-state index in [-0.39, 0.29) is 11.4 Å². The highest BCUT2D eigenvalue weighted by Crippen LogP contribution is 2.28. The van der Waals surface area contributed by atoms with Crippen molar-refractivity contribution >= 4 is 11.7 Å². The Morgan fingerprint density at radius 1 is 1.27 bits per heavy atom. The number of benzene rings is 1. The zero-order valence-corrected chi connectivity index (χ0v) is 8.71. The van der Waals surface area contributed by atoms with Gasteiger partial charge in [-0.2, -0.15) is 0 Å². The van der Waals surface area contributed by atoms with Gasteiger partial charge in [0.2, 0.25) is 0 Å². The molecule has 15 heavy (non-hydrogen) atoms. The van der Waals surface area contributed by atoms with Gasteiger partial charge in [-0.1, -0.05) is 25.1 Å². The number of rotatable bonds is 1. The van der Waals surface area contributed by atoms with Crippen molar-refractivity contribution in [3.05, 3.63) is 29.8 Å². The molecule has 1 saturated heterocycles. The maximum atomic E-state index is 11.0. The quantitative estimate of drug-likeness (QED) is 0.595. The Labute approximate surface area is 88.9 Å². The highest BCUT2D eigenvalue weighted by Gasteiger charge is 2.32. The molecular formula is C11H15N3O. The Bertz CT molecular complexity index is 379. The molecule has 2 amide bonds. The summed E-state index contributed by atoms with van der Waals surface area (Å²) in [4.78, 5) is 11.0. The van der Waals surface area contributed by atoms with Crippen molar-refractivity contribution in [1.29, 1.82) is 0 Å². The molecule has 1 aliphatic heterocycles. The van der Waals surface area contributed by atoms with Gasteiger partial charge in [0.25, 0.3) is 0 Å². The lowest BCUT2D eigenvalue weighted by Crippen LogP contribution is -2.55. The minimum atomic E-state index is -0.126. The van der Waals surface area contributed by atoms with E-state index in [0.717, 1.165) is 11.3 Å². The van der Waals surface area contributed by atoms with Crippen molar-refractivity contribution in [3.8, 4) is 0 Å². The summed E-state index contributed by atoms with van der Waals surface area (Å²) in [5.74, 6) is 0. The maximum absolute atomic E-state index is 11.0. The second-order valence-corrected chi connectivity index (χ2v) is 4.18. The van der Waals surface area contributed by atoms with Crippen LogP contribution < -0.4 is 16.4 Å². The number of para-hydroxylation sites is 1. The van der Waals surface area contributed by atoms with E-state index < -0.39 is 0 Å². The minimum absolute atomic E-state index is 0.109. The Morgan fingerprint density at radius 2 is 1.87 bits per heavy atom. The fourth-order valence-electron chi connectivity index (χ4n) is 1.91. The molecular weight excluding hydrogens is 190 g/mol. The van der Waals surface area contributed by atoms with Crippen LogP contribution in [0.3, 0.4) is 0 Å². The highest BCUT2D eigenvalue weighted by molar-refractivity contribution is 5.75. The third kappa shape index (κ3) is 1.75. The first-order valence-corrected chi connectivity index (χ1v) is 4.98. The molecule has 80 valence electrons. The molecule has 0 aliphatic carbocycles. The molecule has 1 aromatic rings. The molecule has 0 bridgehead atoms. The predicted octanol–water partition coefficient (Wildman–Crippen LogP) is 0.839. The summed E-state index contributed by atoms with van der Waals surface area (Å²) >= 11 is 0. The van der Waals surface area contributed by atoms with Crippen LogP contribution in [0, 0.1) is 0 Å². The largest absolute Gasteiger partial charge is 0.398 e. The van der Waals surface area contributed by atoms with Crippen LogP contribution in [0.1, 0.15) is 12.5 Å². The van der Waals surface area contributed by atoms with E-state index in [0.29, 0.717) is 13.1 Å².